The van der Waals surface area contributed by atoms with E-state index in [9.17, 15) is 0 Å². The zero-order valence-electron chi connectivity index (χ0n) is 8.94. The Labute approximate surface area is 81.0 Å². The van der Waals surface area contributed by atoms with Crippen LogP contribution in [0.5, 0.6) is 0 Å². The first-order valence-electron chi connectivity index (χ1n) is 4.95. The van der Waals surface area contributed by atoms with E-state index < -0.39 is 0 Å². The van der Waals surface area contributed by atoms with Crippen molar-refractivity contribution in [2.24, 2.45) is 0 Å². The number of benzene rings is 1. The number of fused-ring (bicyclic) bond motifs is 1. The van der Waals surface area contributed by atoms with Gasteiger partial charge in [0.2, 0.25) is 0 Å². The molecule has 1 aromatic rings. The van der Waals surface area contributed by atoms with E-state index in [0.29, 0.717) is 10.8 Å². The van der Waals surface area contributed by atoms with E-state index in [2.05, 4.69) is 45.9 Å². The van der Waals surface area contributed by atoms with E-state index in [1.807, 2.05) is 6.07 Å². The van der Waals surface area contributed by atoms with Gasteiger partial charge in [-0.2, -0.15) is 0 Å². The van der Waals surface area contributed by atoms with Crippen LogP contribution in [0.3, 0.4) is 0 Å². The maximum Gasteiger partial charge on any atom is -0.00921 e. The molecule has 1 radical (unpaired) electrons. The zero-order chi connectivity index (χ0) is 9.69. The first kappa shape index (κ1) is 8.80. The third-order valence-corrected chi connectivity index (χ3v) is 3.21. The molecule has 0 atom stereocenters. The summed E-state index contributed by atoms with van der Waals surface area (Å²) in [5.41, 5.74) is 3.67. The van der Waals surface area contributed by atoms with Crippen molar-refractivity contribution in [1.82, 2.24) is 0 Å². The van der Waals surface area contributed by atoms with Crippen molar-refractivity contribution in [2.75, 3.05) is 0 Å². The van der Waals surface area contributed by atoms with Crippen LogP contribution in [-0.2, 0) is 10.8 Å². The second kappa shape index (κ2) is 2.37. The Morgan fingerprint density at radius 1 is 1.08 bits per heavy atom. The van der Waals surface area contributed by atoms with Gasteiger partial charge in [0.05, 0.1) is 0 Å². The molecule has 0 spiro atoms. The van der Waals surface area contributed by atoms with Gasteiger partial charge in [0.1, 0.15) is 0 Å². The van der Waals surface area contributed by atoms with Gasteiger partial charge >= 0.3 is 0 Å². The highest BCUT2D eigenvalue weighted by Gasteiger charge is 2.41. The highest BCUT2D eigenvalue weighted by molar-refractivity contribution is 5.43. The van der Waals surface area contributed by atoms with E-state index in [1.165, 1.54) is 17.5 Å². The van der Waals surface area contributed by atoms with Crippen molar-refractivity contribution >= 4 is 0 Å². The molecule has 0 saturated carbocycles. The standard InChI is InChI=1S/C13H17/c1-12(2)9-13(3,4)11-8-6-5-7-10(11)12/h5,7-8H,9H2,1-4H3. The Hall–Kier alpha value is -0.780. The third kappa shape index (κ3) is 1.20. The molecule has 0 N–H and O–H groups in total. The highest BCUT2D eigenvalue weighted by Crippen LogP contribution is 2.48. The molecule has 0 aromatic heterocycles. The first-order chi connectivity index (χ1) is 5.93. The fraction of sp³-hybridized carbons (Fsp3) is 0.538. The predicted octanol–water partition coefficient (Wildman–Crippen LogP) is 3.45. The van der Waals surface area contributed by atoms with Crippen LogP contribution in [0.4, 0.5) is 0 Å². The molecule has 0 saturated heterocycles. The minimum atomic E-state index is 0.330. The van der Waals surface area contributed by atoms with Crippen LogP contribution in [-0.4, -0.2) is 0 Å². The molecule has 0 unspecified atom stereocenters. The summed E-state index contributed by atoms with van der Waals surface area (Å²) in [7, 11) is 0. The number of hydrogen-bond acceptors (Lipinski definition) is 0. The van der Waals surface area contributed by atoms with Crippen molar-refractivity contribution in [3.8, 4) is 0 Å². The van der Waals surface area contributed by atoms with E-state index in [4.69, 9.17) is 0 Å². The molecule has 0 heteroatoms. The number of hydrogen-bond donors (Lipinski definition) is 0. The van der Waals surface area contributed by atoms with Crippen molar-refractivity contribution in [3.05, 3.63) is 35.4 Å². The molecule has 0 bridgehead atoms. The maximum absolute atomic E-state index is 3.19. The van der Waals surface area contributed by atoms with Gasteiger partial charge in [-0.05, 0) is 34.4 Å². The molecule has 0 fully saturated rings. The minimum absolute atomic E-state index is 0.330. The van der Waals surface area contributed by atoms with Crippen LogP contribution in [0, 0.1) is 6.07 Å². The fourth-order valence-corrected chi connectivity index (χ4v) is 2.88. The van der Waals surface area contributed by atoms with Crippen LogP contribution < -0.4 is 0 Å². The van der Waals surface area contributed by atoms with Crippen LogP contribution in [0.25, 0.3) is 0 Å². The van der Waals surface area contributed by atoms with Crippen molar-refractivity contribution in [1.29, 1.82) is 0 Å². The second-order valence-electron chi connectivity index (χ2n) is 5.42. The first-order valence-corrected chi connectivity index (χ1v) is 4.95. The third-order valence-electron chi connectivity index (χ3n) is 3.21. The summed E-state index contributed by atoms with van der Waals surface area (Å²) < 4.78 is 0. The predicted molar refractivity (Wildman–Crippen MR) is 55.9 cm³/mol. The van der Waals surface area contributed by atoms with Crippen molar-refractivity contribution < 1.29 is 0 Å². The Morgan fingerprint density at radius 3 is 2.31 bits per heavy atom. The summed E-state index contributed by atoms with van der Waals surface area (Å²) in [6, 6.07) is 9.60. The normalized spacial score (nSPS) is 22.8. The fourth-order valence-electron chi connectivity index (χ4n) is 2.88. The topological polar surface area (TPSA) is 0 Å². The molecular weight excluding hydrogens is 156 g/mol. The Kier molecular flexibility index (Phi) is 1.61. The average Bonchev–Trinajstić information content (AvgIpc) is 2.20. The Balaban J connectivity index is 2.64. The van der Waals surface area contributed by atoms with E-state index in [0.717, 1.165) is 0 Å². The molecule has 0 heterocycles. The van der Waals surface area contributed by atoms with E-state index in [-0.39, 0.29) is 0 Å². The quantitative estimate of drug-likeness (QED) is 0.563. The smallest absolute Gasteiger partial charge is 0.00921 e. The Bertz CT molecular complexity index is 299. The molecule has 0 amide bonds. The molecule has 69 valence electrons. The monoisotopic (exact) mass is 173 g/mol. The van der Waals surface area contributed by atoms with Gasteiger partial charge in [-0.25, -0.2) is 0 Å². The number of rotatable bonds is 0. The molecule has 0 nitrogen and oxygen atoms in total. The Morgan fingerprint density at radius 2 is 1.69 bits per heavy atom. The summed E-state index contributed by atoms with van der Waals surface area (Å²) in [5, 5.41) is 0. The lowest BCUT2D eigenvalue weighted by Gasteiger charge is -2.22. The van der Waals surface area contributed by atoms with E-state index >= 15 is 0 Å². The van der Waals surface area contributed by atoms with Crippen LogP contribution >= 0.6 is 0 Å². The van der Waals surface area contributed by atoms with Crippen molar-refractivity contribution in [3.63, 3.8) is 0 Å². The zero-order valence-corrected chi connectivity index (χ0v) is 8.94. The lowest BCUT2D eigenvalue weighted by atomic mass is 9.82. The average molecular weight is 173 g/mol. The van der Waals surface area contributed by atoms with Crippen molar-refractivity contribution in [2.45, 2.75) is 44.9 Å². The highest BCUT2D eigenvalue weighted by atomic mass is 14.4. The SMILES string of the molecule is CC1(C)CC(C)(C)c2cc[c]cc21. The summed E-state index contributed by atoms with van der Waals surface area (Å²) in [5.74, 6) is 0. The van der Waals surface area contributed by atoms with Gasteiger partial charge < -0.3 is 0 Å². The molecule has 0 aliphatic heterocycles. The summed E-state index contributed by atoms with van der Waals surface area (Å²) in [4.78, 5) is 0. The molecular formula is C13H17. The van der Waals surface area contributed by atoms with Gasteiger partial charge in [0.15, 0.2) is 0 Å². The lowest BCUT2D eigenvalue weighted by molar-refractivity contribution is 0.403. The molecule has 1 aliphatic rings. The maximum atomic E-state index is 3.19. The van der Waals surface area contributed by atoms with E-state index in [1.54, 1.807) is 0 Å². The summed E-state index contributed by atoms with van der Waals surface area (Å²) >= 11 is 0. The van der Waals surface area contributed by atoms with Crippen LogP contribution in [0.1, 0.15) is 45.2 Å². The molecule has 1 aliphatic carbocycles. The van der Waals surface area contributed by atoms with Crippen LogP contribution in [0.15, 0.2) is 18.2 Å². The minimum Gasteiger partial charge on any atom is -0.0576 e. The van der Waals surface area contributed by atoms with Crippen LogP contribution in [0.2, 0.25) is 0 Å². The largest absolute Gasteiger partial charge is 0.0576 e. The molecule has 2 rings (SSSR count). The summed E-state index contributed by atoms with van der Waals surface area (Å²) in [6.07, 6.45) is 1.24. The molecule has 13 heavy (non-hydrogen) atoms. The second-order valence-corrected chi connectivity index (χ2v) is 5.42. The summed E-state index contributed by atoms with van der Waals surface area (Å²) in [6.45, 7) is 9.32. The molecule has 1 aromatic carbocycles. The van der Waals surface area contributed by atoms with Gasteiger partial charge in [0, 0.05) is 0 Å². The van der Waals surface area contributed by atoms with Gasteiger partial charge in [-0.15, -0.1) is 0 Å². The lowest BCUT2D eigenvalue weighted by Crippen LogP contribution is -2.17. The van der Waals surface area contributed by atoms with Gasteiger partial charge in [-0.3, -0.25) is 0 Å². The van der Waals surface area contributed by atoms with Gasteiger partial charge in [-0.1, -0.05) is 45.9 Å². The van der Waals surface area contributed by atoms with Gasteiger partial charge in [0.25, 0.3) is 0 Å².